The van der Waals surface area contributed by atoms with Crippen molar-refractivity contribution in [2.24, 2.45) is 0 Å². The van der Waals surface area contributed by atoms with Crippen LogP contribution in [-0.2, 0) is 24.9 Å². The molecule has 0 heterocycles. The molecule has 0 fully saturated rings. The van der Waals surface area contributed by atoms with Crippen molar-refractivity contribution in [2.75, 3.05) is 0 Å². The molecule has 0 saturated heterocycles. The molecular formula is C6H10O5S. The maximum atomic E-state index is 10.9. The Hall–Kier alpha value is -0.910. The van der Waals surface area contributed by atoms with Gasteiger partial charge in [0.15, 0.2) is 0 Å². The van der Waals surface area contributed by atoms with Crippen molar-refractivity contribution in [1.29, 1.82) is 0 Å². The molecule has 0 spiro atoms. The second-order valence-corrected chi connectivity index (χ2v) is 3.46. The normalized spacial score (nSPS) is 14.8. The fourth-order valence-corrected chi connectivity index (χ4v) is 1.45. The van der Waals surface area contributed by atoms with E-state index in [1.54, 1.807) is 6.92 Å². The van der Waals surface area contributed by atoms with Crippen molar-refractivity contribution in [3.8, 4) is 0 Å². The second-order valence-electron chi connectivity index (χ2n) is 2.08. The van der Waals surface area contributed by atoms with Crippen LogP contribution in [0, 0.1) is 0 Å². The molecule has 0 saturated carbocycles. The van der Waals surface area contributed by atoms with Crippen LogP contribution in [0.4, 0.5) is 0 Å². The first-order valence-electron chi connectivity index (χ1n) is 3.35. The van der Waals surface area contributed by atoms with Crippen LogP contribution in [0.5, 0.6) is 0 Å². The summed E-state index contributed by atoms with van der Waals surface area (Å²) in [7, 11) is 0. The molecule has 5 nitrogen and oxygen atoms in total. The van der Waals surface area contributed by atoms with E-state index in [0.29, 0.717) is 6.42 Å². The minimum Gasteiger partial charge on any atom is -0.481 e. The van der Waals surface area contributed by atoms with E-state index < -0.39 is 22.3 Å². The summed E-state index contributed by atoms with van der Waals surface area (Å²) in [6, 6.07) is 0. The van der Waals surface area contributed by atoms with Crippen molar-refractivity contribution in [2.45, 2.75) is 25.0 Å². The van der Waals surface area contributed by atoms with Gasteiger partial charge in [0, 0.05) is 0 Å². The molecule has 2 unspecified atom stereocenters. The highest BCUT2D eigenvalue weighted by molar-refractivity contribution is 7.81. The van der Waals surface area contributed by atoms with Gasteiger partial charge in [0.25, 0.3) is 0 Å². The lowest BCUT2D eigenvalue weighted by Gasteiger charge is -2.08. The molecule has 70 valence electrons. The highest BCUT2D eigenvalue weighted by Crippen LogP contribution is 2.07. The van der Waals surface area contributed by atoms with Crippen molar-refractivity contribution in [1.82, 2.24) is 0 Å². The fourth-order valence-electron chi connectivity index (χ4n) is 0.661. The minimum atomic E-state index is -1.83. The first-order valence-corrected chi connectivity index (χ1v) is 4.48. The zero-order valence-corrected chi connectivity index (χ0v) is 7.37. The third-order valence-corrected chi connectivity index (χ3v) is 2.58. The summed E-state index contributed by atoms with van der Waals surface area (Å²) < 4.78 is 15.0. The number of carboxylic acids is 1. The largest absolute Gasteiger partial charge is 0.481 e. The van der Waals surface area contributed by atoms with Crippen LogP contribution in [0.2, 0.25) is 0 Å². The summed E-state index contributed by atoms with van der Waals surface area (Å²) >= 11 is -1.83. The molecule has 6 heteroatoms. The van der Waals surface area contributed by atoms with Crippen LogP contribution >= 0.6 is 0 Å². The van der Waals surface area contributed by atoms with Gasteiger partial charge in [-0.1, -0.05) is 6.92 Å². The lowest BCUT2D eigenvalue weighted by molar-refractivity contribution is -0.137. The Morgan fingerprint density at radius 3 is 2.67 bits per heavy atom. The third kappa shape index (κ3) is 4.07. The smallest absolute Gasteiger partial charge is 0.307 e. The summed E-state index contributed by atoms with van der Waals surface area (Å²) in [5.41, 5.74) is 0. The summed E-state index contributed by atoms with van der Waals surface area (Å²) in [6.07, 6.45) is 0.143. The number of rotatable bonds is 6. The van der Waals surface area contributed by atoms with Crippen molar-refractivity contribution in [3.63, 3.8) is 0 Å². The van der Waals surface area contributed by atoms with Gasteiger partial charge in [-0.25, -0.2) is 4.21 Å². The quantitative estimate of drug-likeness (QED) is 0.605. The highest BCUT2D eigenvalue weighted by atomic mass is 32.2. The maximum absolute atomic E-state index is 10.9. The standard InChI is InChI=1S/C6H10O5S/c1-2-5(3-6(8)9)12(10)11-4-7/h4-5H,2-3H2,1H3,(H,8,9). The molecule has 0 bridgehead atoms. The zero-order valence-electron chi connectivity index (χ0n) is 6.56. The van der Waals surface area contributed by atoms with E-state index in [-0.39, 0.29) is 12.9 Å². The Kier molecular flexibility index (Phi) is 5.27. The van der Waals surface area contributed by atoms with E-state index in [1.165, 1.54) is 0 Å². The Balaban J connectivity index is 4.04. The lowest BCUT2D eigenvalue weighted by atomic mass is 10.2. The second kappa shape index (κ2) is 5.70. The summed E-state index contributed by atoms with van der Waals surface area (Å²) in [5.74, 6) is -1.05. The van der Waals surface area contributed by atoms with Crippen molar-refractivity contribution in [3.05, 3.63) is 0 Å². The van der Waals surface area contributed by atoms with Gasteiger partial charge in [0.2, 0.25) is 11.1 Å². The third-order valence-electron chi connectivity index (χ3n) is 1.26. The minimum absolute atomic E-state index is 0.0562. The molecular weight excluding hydrogens is 184 g/mol. The number of carbonyl (C=O) groups excluding carboxylic acids is 1. The number of aliphatic carboxylic acids is 1. The monoisotopic (exact) mass is 194 g/mol. The van der Waals surface area contributed by atoms with Crippen LogP contribution < -0.4 is 0 Å². The topological polar surface area (TPSA) is 80.7 Å². The van der Waals surface area contributed by atoms with E-state index >= 15 is 0 Å². The molecule has 2 atom stereocenters. The van der Waals surface area contributed by atoms with E-state index in [0.717, 1.165) is 0 Å². The molecule has 12 heavy (non-hydrogen) atoms. The summed E-state index contributed by atoms with van der Waals surface area (Å²) in [5, 5.41) is 7.74. The Morgan fingerprint density at radius 1 is 1.75 bits per heavy atom. The van der Waals surface area contributed by atoms with Gasteiger partial charge >= 0.3 is 12.4 Å². The van der Waals surface area contributed by atoms with E-state index in [2.05, 4.69) is 4.18 Å². The van der Waals surface area contributed by atoms with Gasteiger partial charge in [-0.2, -0.15) is 0 Å². The van der Waals surface area contributed by atoms with Gasteiger partial charge < -0.3 is 9.29 Å². The first-order chi connectivity index (χ1) is 5.61. The predicted molar refractivity (Wildman–Crippen MR) is 41.6 cm³/mol. The average Bonchev–Trinajstić information content (AvgIpc) is 2.00. The maximum Gasteiger partial charge on any atom is 0.307 e. The predicted octanol–water partition coefficient (Wildman–Crippen LogP) is 0.0764. The number of hydrogen-bond donors (Lipinski definition) is 1. The molecule has 0 aliphatic carbocycles. The van der Waals surface area contributed by atoms with Crippen LogP contribution in [0.1, 0.15) is 19.8 Å². The fraction of sp³-hybridized carbons (Fsp3) is 0.667. The zero-order chi connectivity index (χ0) is 9.56. The average molecular weight is 194 g/mol. The molecule has 0 aliphatic heterocycles. The van der Waals surface area contributed by atoms with E-state index in [9.17, 15) is 13.8 Å². The Labute approximate surface area is 72.4 Å². The summed E-state index contributed by atoms with van der Waals surface area (Å²) in [4.78, 5) is 20.0. The van der Waals surface area contributed by atoms with Gasteiger partial charge in [-0.3, -0.25) is 9.59 Å². The molecule has 0 aromatic rings. The molecule has 1 N–H and O–H groups in total. The molecule has 0 amide bonds. The van der Waals surface area contributed by atoms with Gasteiger partial charge in [0.1, 0.15) is 0 Å². The highest BCUT2D eigenvalue weighted by Gasteiger charge is 2.19. The summed E-state index contributed by atoms with van der Waals surface area (Å²) in [6.45, 7) is 1.74. The Morgan fingerprint density at radius 2 is 2.33 bits per heavy atom. The molecule has 0 rings (SSSR count). The van der Waals surface area contributed by atoms with Crippen LogP contribution in [0.25, 0.3) is 0 Å². The molecule has 0 aliphatic rings. The Bertz CT molecular complexity index is 190. The SMILES string of the molecule is CCC(CC(=O)O)S(=O)OC=O. The number of carbonyl (C=O) groups is 2. The van der Waals surface area contributed by atoms with Crippen LogP contribution in [-0.4, -0.2) is 27.0 Å². The van der Waals surface area contributed by atoms with Crippen molar-refractivity contribution < 1.29 is 23.1 Å². The first kappa shape index (κ1) is 11.1. The van der Waals surface area contributed by atoms with Crippen molar-refractivity contribution >= 4 is 23.5 Å². The molecule has 0 aromatic heterocycles. The van der Waals surface area contributed by atoms with Crippen LogP contribution in [0.3, 0.4) is 0 Å². The van der Waals surface area contributed by atoms with E-state index in [4.69, 9.17) is 5.11 Å². The number of carboxylic acid groups (broad SMARTS) is 1. The number of hydrogen-bond acceptors (Lipinski definition) is 4. The van der Waals surface area contributed by atoms with E-state index in [1.807, 2.05) is 0 Å². The molecule has 0 radical (unpaired) electrons. The van der Waals surface area contributed by atoms with Gasteiger partial charge in [-0.15, -0.1) is 0 Å². The van der Waals surface area contributed by atoms with Crippen LogP contribution in [0.15, 0.2) is 0 Å². The van der Waals surface area contributed by atoms with Gasteiger partial charge in [-0.05, 0) is 6.42 Å². The molecule has 0 aromatic carbocycles. The van der Waals surface area contributed by atoms with Gasteiger partial charge in [0.05, 0.1) is 11.7 Å². The lowest BCUT2D eigenvalue weighted by Crippen LogP contribution is -2.19.